The van der Waals surface area contributed by atoms with Crippen LogP contribution in [0.2, 0.25) is 0 Å². The highest BCUT2D eigenvalue weighted by molar-refractivity contribution is 5.90. The first kappa shape index (κ1) is 35.3. The Hall–Kier alpha value is -5.10. The molecular formula is C40H47N7O5. The van der Waals surface area contributed by atoms with E-state index in [2.05, 4.69) is 38.7 Å². The van der Waals surface area contributed by atoms with Gasteiger partial charge in [0.1, 0.15) is 11.4 Å². The minimum atomic E-state index is -0.629. The Labute approximate surface area is 304 Å². The standard InChI is InChI=1S/C40H47N7O5/c1-39(2,3)52-38(49)47-35-10-8-9-31(34(35)24-41-47)23-29-25-45(21-22-51-27-29)37(48)40(19-6-5-7-20-40)32-15-13-30(14-16-32)36-42-44-46(43-36)26-28-11-17-33(50-4)18-12-28/h8-18,24,29H,5-7,19-23,25-27H2,1-4H3. The number of methoxy groups -OCH3 is 1. The van der Waals surface area contributed by atoms with Crippen LogP contribution < -0.4 is 4.74 Å². The Bertz CT molecular complexity index is 2010. The first-order chi connectivity index (χ1) is 25.1. The van der Waals surface area contributed by atoms with E-state index >= 15 is 0 Å². The highest BCUT2D eigenvalue weighted by atomic mass is 16.6. The predicted molar refractivity (Wildman–Crippen MR) is 196 cm³/mol. The maximum Gasteiger partial charge on any atom is 0.435 e. The second-order valence-corrected chi connectivity index (χ2v) is 15.0. The molecule has 1 saturated heterocycles. The van der Waals surface area contributed by atoms with Gasteiger partial charge < -0.3 is 19.1 Å². The molecule has 3 heterocycles. The summed E-state index contributed by atoms with van der Waals surface area (Å²) < 4.78 is 18.3. The van der Waals surface area contributed by atoms with Gasteiger partial charge in [-0.05, 0) is 80.1 Å². The van der Waals surface area contributed by atoms with Crippen molar-refractivity contribution >= 4 is 22.9 Å². The van der Waals surface area contributed by atoms with Crippen molar-refractivity contribution in [3.05, 3.63) is 89.6 Å². The number of carbonyl (C=O) groups is 2. The third-order valence-corrected chi connectivity index (χ3v) is 10.2. The molecule has 1 aliphatic heterocycles. The minimum absolute atomic E-state index is 0.0801. The zero-order chi connectivity index (χ0) is 36.3. The Kier molecular flexibility index (Phi) is 10.1. The van der Waals surface area contributed by atoms with E-state index in [9.17, 15) is 9.59 Å². The molecule has 1 aliphatic carbocycles. The van der Waals surface area contributed by atoms with Gasteiger partial charge in [-0.2, -0.15) is 14.6 Å². The summed E-state index contributed by atoms with van der Waals surface area (Å²) in [5.41, 5.74) is 3.48. The van der Waals surface area contributed by atoms with Crippen molar-refractivity contribution in [2.75, 3.05) is 33.4 Å². The molecule has 272 valence electrons. The van der Waals surface area contributed by atoms with Gasteiger partial charge >= 0.3 is 6.09 Å². The molecule has 1 amide bonds. The van der Waals surface area contributed by atoms with Gasteiger partial charge in [0.05, 0.1) is 44.0 Å². The molecule has 2 aliphatic rings. The van der Waals surface area contributed by atoms with Gasteiger partial charge in [-0.25, -0.2) is 4.79 Å². The fourth-order valence-corrected chi connectivity index (χ4v) is 7.58. The van der Waals surface area contributed by atoms with Crippen LogP contribution in [0.1, 0.15) is 69.6 Å². The lowest BCUT2D eigenvalue weighted by molar-refractivity contribution is -0.139. The number of hydrogen-bond acceptors (Lipinski definition) is 9. The average molecular weight is 706 g/mol. The van der Waals surface area contributed by atoms with Crippen LogP contribution in [-0.4, -0.2) is 85.9 Å². The normalized spacial score (nSPS) is 17.8. The number of rotatable bonds is 8. The molecule has 2 aromatic heterocycles. The quantitative estimate of drug-likeness (QED) is 0.179. The van der Waals surface area contributed by atoms with Crippen LogP contribution in [0.5, 0.6) is 5.75 Å². The average Bonchev–Trinajstić information content (AvgIpc) is 3.74. The van der Waals surface area contributed by atoms with Crippen molar-refractivity contribution in [2.24, 2.45) is 5.92 Å². The molecule has 0 N–H and O–H groups in total. The maximum atomic E-state index is 14.8. The summed E-state index contributed by atoms with van der Waals surface area (Å²) in [5, 5.41) is 18.5. The molecule has 3 aromatic carbocycles. The van der Waals surface area contributed by atoms with Crippen LogP contribution in [0, 0.1) is 5.92 Å². The summed E-state index contributed by atoms with van der Waals surface area (Å²) in [7, 11) is 1.65. The third kappa shape index (κ3) is 7.57. The predicted octanol–water partition coefficient (Wildman–Crippen LogP) is 6.45. The molecule has 5 aromatic rings. The van der Waals surface area contributed by atoms with Gasteiger partial charge in [0.25, 0.3) is 0 Å². The number of fused-ring (bicyclic) bond motifs is 1. The number of carbonyl (C=O) groups excluding carboxylic acids is 2. The molecule has 0 spiro atoms. The van der Waals surface area contributed by atoms with Crippen molar-refractivity contribution in [2.45, 2.75) is 76.9 Å². The van der Waals surface area contributed by atoms with Crippen LogP contribution in [-0.2, 0) is 32.6 Å². The highest BCUT2D eigenvalue weighted by Crippen LogP contribution is 2.42. The van der Waals surface area contributed by atoms with Crippen LogP contribution in [0.4, 0.5) is 4.79 Å². The molecule has 52 heavy (non-hydrogen) atoms. The first-order valence-corrected chi connectivity index (χ1v) is 18.2. The topological polar surface area (TPSA) is 126 Å². The van der Waals surface area contributed by atoms with E-state index in [0.29, 0.717) is 50.6 Å². The van der Waals surface area contributed by atoms with Crippen LogP contribution in [0.3, 0.4) is 0 Å². The smallest absolute Gasteiger partial charge is 0.435 e. The molecule has 7 rings (SSSR count). The number of ether oxygens (including phenoxy) is 3. The number of tetrazole rings is 1. The third-order valence-electron chi connectivity index (χ3n) is 10.2. The molecule has 2 fully saturated rings. The molecule has 12 nitrogen and oxygen atoms in total. The van der Waals surface area contributed by atoms with Crippen molar-refractivity contribution in [3.8, 4) is 17.1 Å². The number of nitrogens with zero attached hydrogens (tertiary/aromatic N) is 7. The van der Waals surface area contributed by atoms with Crippen LogP contribution >= 0.6 is 0 Å². The summed E-state index contributed by atoms with van der Waals surface area (Å²) in [4.78, 5) is 31.3. The van der Waals surface area contributed by atoms with Gasteiger partial charge in [0, 0.05) is 30.0 Å². The number of amides is 1. The molecule has 0 bridgehead atoms. The van der Waals surface area contributed by atoms with E-state index in [0.717, 1.165) is 65.5 Å². The second-order valence-electron chi connectivity index (χ2n) is 15.0. The summed E-state index contributed by atoms with van der Waals surface area (Å²) in [6.07, 6.45) is 6.67. The fraction of sp³-hybridized carbons (Fsp3) is 0.450. The van der Waals surface area contributed by atoms with Gasteiger partial charge in [-0.15, -0.1) is 10.2 Å². The van der Waals surface area contributed by atoms with Gasteiger partial charge in [0.2, 0.25) is 11.7 Å². The summed E-state index contributed by atoms with van der Waals surface area (Å²) in [6.45, 7) is 8.21. The second kappa shape index (κ2) is 14.9. The van der Waals surface area contributed by atoms with Gasteiger partial charge in [0.15, 0.2) is 0 Å². The van der Waals surface area contributed by atoms with Gasteiger partial charge in [-0.1, -0.05) is 67.8 Å². The van der Waals surface area contributed by atoms with Crippen LogP contribution in [0.25, 0.3) is 22.3 Å². The molecular weight excluding hydrogens is 658 g/mol. The van der Waals surface area contributed by atoms with Crippen molar-refractivity contribution in [1.29, 1.82) is 0 Å². The SMILES string of the molecule is COc1ccc(Cn2nnc(-c3ccc(C4(C(=O)N5CCOCC(Cc6cccc7c6cnn7C(=O)OC(C)(C)C)C5)CCCCC4)cc3)n2)cc1. The van der Waals surface area contributed by atoms with E-state index in [1.807, 2.05) is 74.2 Å². The monoisotopic (exact) mass is 705 g/mol. The number of benzene rings is 3. The van der Waals surface area contributed by atoms with Crippen LogP contribution in [0.15, 0.2) is 72.9 Å². The largest absolute Gasteiger partial charge is 0.497 e. The Morgan fingerprint density at radius 2 is 1.75 bits per heavy atom. The Balaban J connectivity index is 1.07. The molecule has 1 atom stereocenters. The molecule has 0 radical (unpaired) electrons. The van der Waals surface area contributed by atoms with Crippen molar-refractivity contribution in [1.82, 2.24) is 34.9 Å². The van der Waals surface area contributed by atoms with E-state index < -0.39 is 17.1 Å². The lowest BCUT2D eigenvalue weighted by Gasteiger charge is -2.40. The van der Waals surface area contributed by atoms with E-state index in [4.69, 9.17) is 14.2 Å². The van der Waals surface area contributed by atoms with Crippen molar-refractivity contribution in [3.63, 3.8) is 0 Å². The van der Waals surface area contributed by atoms with E-state index in [1.165, 1.54) is 4.68 Å². The molecule has 1 saturated carbocycles. The molecule has 12 heteroatoms. The fourth-order valence-electron chi connectivity index (χ4n) is 7.58. The van der Waals surface area contributed by atoms with E-state index in [1.54, 1.807) is 18.1 Å². The summed E-state index contributed by atoms with van der Waals surface area (Å²) in [5.74, 6) is 1.60. The summed E-state index contributed by atoms with van der Waals surface area (Å²) >= 11 is 0. The highest BCUT2D eigenvalue weighted by Gasteiger charge is 2.44. The zero-order valence-electron chi connectivity index (χ0n) is 30.5. The van der Waals surface area contributed by atoms with Crippen molar-refractivity contribution < 1.29 is 23.8 Å². The maximum absolute atomic E-state index is 14.8. The Morgan fingerprint density at radius 3 is 2.48 bits per heavy atom. The number of aromatic nitrogens is 6. The summed E-state index contributed by atoms with van der Waals surface area (Å²) in [6, 6.07) is 21.9. The Morgan fingerprint density at radius 1 is 0.981 bits per heavy atom. The lowest BCUT2D eigenvalue weighted by Crippen LogP contribution is -2.50. The number of hydrogen-bond donors (Lipinski definition) is 0. The zero-order valence-corrected chi connectivity index (χ0v) is 30.5. The minimum Gasteiger partial charge on any atom is -0.497 e. The van der Waals surface area contributed by atoms with E-state index in [-0.39, 0.29) is 11.8 Å². The molecule has 1 unspecified atom stereocenters. The first-order valence-electron chi connectivity index (χ1n) is 18.2. The van der Waals surface area contributed by atoms with Gasteiger partial charge in [-0.3, -0.25) is 4.79 Å². The lowest BCUT2D eigenvalue weighted by atomic mass is 9.68.